The molecule has 4 atom stereocenters. The lowest BCUT2D eigenvalue weighted by Gasteiger charge is -2.35. The van der Waals surface area contributed by atoms with E-state index in [1.165, 1.54) is 11.0 Å². The zero-order valence-electron chi connectivity index (χ0n) is 23.7. The molecule has 1 heterocycles. The average molecular weight is 596 g/mol. The zero-order valence-corrected chi connectivity index (χ0v) is 24.5. The lowest BCUT2D eigenvalue weighted by molar-refractivity contribution is -0.141. The summed E-state index contributed by atoms with van der Waals surface area (Å²) in [6, 6.07) is 14.5. The second-order valence-electron chi connectivity index (χ2n) is 11.2. The number of amides is 2. The smallest absolute Gasteiger partial charge is 0.303 e. The number of carbonyl (C=O) groups excluding carboxylic acids is 2. The van der Waals surface area contributed by atoms with Crippen LogP contribution < -0.4 is 0 Å². The van der Waals surface area contributed by atoms with Crippen LogP contribution in [0.5, 0.6) is 5.75 Å². The fourth-order valence-electron chi connectivity index (χ4n) is 6.35. The van der Waals surface area contributed by atoms with Gasteiger partial charge in [-0.1, -0.05) is 53.9 Å². The van der Waals surface area contributed by atoms with Crippen molar-refractivity contribution in [3.63, 3.8) is 0 Å². The summed E-state index contributed by atoms with van der Waals surface area (Å²) in [6.07, 6.45) is 3.79. The van der Waals surface area contributed by atoms with Gasteiger partial charge >= 0.3 is 5.97 Å². The van der Waals surface area contributed by atoms with Gasteiger partial charge in [0, 0.05) is 18.9 Å². The number of hydrogen-bond acceptors (Lipinski definition) is 6. The largest absolute Gasteiger partial charge is 0.508 e. The normalized spacial score (nSPS) is 21.6. The number of hydrogen-bond donors (Lipinski definition) is 4. The first-order valence-electron chi connectivity index (χ1n) is 14.4. The number of phenolic OH excluding ortho intramolecular Hbond substituents is 1. The number of fused-ring (bicyclic) bond motifs is 1. The van der Waals surface area contributed by atoms with Gasteiger partial charge in [-0.2, -0.15) is 0 Å². The summed E-state index contributed by atoms with van der Waals surface area (Å²) in [5, 5.41) is 40.9. The maximum atomic E-state index is 13.4. The number of carbonyl (C=O) groups is 3. The molecule has 0 bridgehead atoms. The van der Waals surface area contributed by atoms with Crippen molar-refractivity contribution in [1.29, 1.82) is 0 Å². The van der Waals surface area contributed by atoms with Gasteiger partial charge in [0.2, 0.25) is 11.8 Å². The number of halogens is 1. The molecule has 2 aromatic rings. The number of aliphatic hydroxyl groups is 2. The quantitative estimate of drug-likeness (QED) is 0.107. The average Bonchev–Trinajstić information content (AvgIpc) is 3.19. The molecule has 1 aliphatic carbocycles. The summed E-state index contributed by atoms with van der Waals surface area (Å²) in [6.45, 7) is 1.72. The van der Waals surface area contributed by atoms with Gasteiger partial charge in [0.15, 0.2) is 0 Å². The van der Waals surface area contributed by atoms with Crippen molar-refractivity contribution in [3.05, 3.63) is 75.8 Å². The minimum absolute atomic E-state index is 0.0489. The molecule has 8 nitrogen and oxygen atoms in total. The third kappa shape index (κ3) is 7.12. The predicted octanol–water partition coefficient (Wildman–Crippen LogP) is 5.30. The first kappa shape index (κ1) is 31.5. The van der Waals surface area contributed by atoms with Crippen molar-refractivity contribution in [1.82, 2.24) is 4.90 Å². The van der Waals surface area contributed by atoms with Gasteiger partial charge in [-0.25, -0.2) is 0 Å². The molecule has 2 aromatic carbocycles. The summed E-state index contributed by atoms with van der Waals surface area (Å²) in [5.74, 6) is -3.35. The third-order valence-corrected chi connectivity index (χ3v) is 8.72. The molecule has 4 N–H and O–H groups in total. The standard InChI is InChI=1S/C33H38ClNO7/c1-20-16-25-31(33(42)35(32(25)41)15-7-3-6-10-29(39)40)26(19-36)30(20)28(38)14-12-22(21-8-4-2-5-9-21)17-23-11-13-24(37)18-27(23)34/h2,4-5,8-9,11,13,17-18,25-26,28,31,36-38H,3,6-7,10,12,14-16,19H2,1H3,(H,39,40)/b22-17-/t25-,26+,28-,31-/m1/s1. The minimum Gasteiger partial charge on any atom is -0.508 e. The monoisotopic (exact) mass is 595 g/mol. The van der Waals surface area contributed by atoms with E-state index in [0.717, 1.165) is 22.3 Å². The fourth-order valence-corrected chi connectivity index (χ4v) is 6.58. The Labute approximate surface area is 250 Å². The molecule has 4 rings (SSSR count). The van der Waals surface area contributed by atoms with Crippen molar-refractivity contribution in [2.24, 2.45) is 17.8 Å². The van der Waals surface area contributed by atoms with Gasteiger partial charge in [-0.05, 0) is 85.6 Å². The van der Waals surface area contributed by atoms with Gasteiger partial charge in [-0.3, -0.25) is 19.3 Å². The van der Waals surface area contributed by atoms with Gasteiger partial charge in [0.05, 0.1) is 29.6 Å². The number of phenols is 1. The molecule has 2 amide bonds. The van der Waals surface area contributed by atoms with Gasteiger partial charge < -0.3 is 20.4 Å². The fraction of sp³-hybridized carbons (Fsp3) is 0.424. The summed E-state index contributed by atoms with van der Waals surface area (Å²) in [5.41, 5.74) is 4.05. The first-order valence-corrected chi connectivity index (χ1v) is 14.8. The molecular weight excluding hydrogens is 558 g/mol. The number of carboxylic acid groups (broad SMARTS) is 1. The molecule has 1 saturated heterocycles. The van der Waals surface area contributed by atoms with Crippen LogP contribution in [-0.4, -0.2) is 62.4 Å². The molecular formula is C33H38ClNO7. The molecule has 1 aliphatic heterocycles. The highest BCUT2D eigenvalue weighted by atomic mass is 35.5. The van der Waals surface area contributed by atoms with Crippen LogP contribution in [0, 0.1) is 17.8 Å². The topological polar surface area (TPSA) is 135 Å². The van der Waals surface area contributed by atoms with Crippen LogP contribution in [0.15, 0.2) is 59.7 Å². The van der Waals surface area contributed by atoms with Gasteiger partial charge in [0.25, 0.3) is 0 Å². The summed E-state index contributed by atoms with van der Waals surface area (Å²) in [7, 11) is 0. The highest BCUT2D eigenvalue weighted by molar-refractivity contribution is 6.32. The maximum Gasteiger partial charge on any atom is 0.303 e. The number of rotatable bonds is 13. The number of benzene rings is 2. The zero-order chi connectivity index (χ0) is 30.4. The number of imide groups is 1. The Hall–Kier alpha value is -3.46. The third-order valence-electron chi connectivity index (χ3n) is 8.39. The van der Waals surface area contributed by atoms with E-state index in [9.17, 15) is 29.7 Å². The number of unbranched alkanes of at least 4 members (excludes halogenated alkanes) is 2. The van der Waals surface area contributed by atoms with Crippen LogP contribution in [0.2, 0.25) is 5.02 Å². The van der Waals surface area contributed by atoms with Gasteiger partial charge in [0.1, 0.15) is 5.75 Å². The molecule has 0 unspecified atom stereocenters. The molecule has 1 fully saturated rings. The Morgan fingerprint density at radius 3 is 2.48 bits per heavy atom. The molecule has 9 heteroatoms. The van der Waals surface area contributed by atoms with Gasteiger partial charge in [-0.15, -0.1) is 0 Å². The predicted molar refractivity (Wildman–Crippen MR) is 160 cm³/mol. The Kier molecular flexibility index (Phi) is 10.6. The first-order chi connectivity index (χ1) is 20.1. The Morgan fingerprint density at radius 2 is 1.81 bits per heavy atom. The van der Waals surface area contributed by atoms with E-state index in [-0.39, 0.29) is 37.1 Å². The summed E-state index contributed by atoms with van der Waals surface area (Å²) in [4.78, 5) is 38.7. The van der Waals surface area contributed by atoms with Crippen LogP contribution in [0.4, 0.5) is 0 Å². The van der Waals surface area contributed by atoms with E-state index in [1.54, 1.807) is 12.1 Å². The SMILES string of the molecule is CC1=C([C@H](O)CC/C(=C/c2ccc(O)cc2Cl)c2ccccc2)[C@H](CO)[C@@H]2C(=O)N(CCCCCC(=O)O)C(=O)[C@@H]2C1. The minimum atomic E-state index is -0.932. The lowest BCUT2D eigenvalue weighted by Crippen LogP contribution is -2.38. The Balaban J connectivity index is 1.50. The molecule has 0 saturated carbocycles. The lowest BCUT2D eigenvalue weighted by atomic mass is 9.68. The van der Waals surface area contributed by atoms with Crippen molar-refractivity contribution in [2.75, 3.05) is 13.2 Å². The van der Waals surface area contributed by atoms with E-state index in [4.69, 9.17) is 16.7 Å². The second-order valence-corrected chi connectivity index (χ2v) is 11.6. The van der Waals surface area contributed by atoms with E-state index < -0.39 is 29.8 Å². The van der Waals surface area contributed by atoms with Crippen molar-refractivity contribution in [2.45, 2.75) is 58.0 Å². The van der Waals surface area contributed by atoms with E-state index >= 15 is 0 Å². The van der Waals surface area contributed by atoms with Crippen LogP contribution >= 0.6 is 11.6 Å². The number of aliphatic carboxylic acids is 1. The van der Waals surface area contributed by atoms with E-state index in [0.29, 0.717) is 49.1 Å². The van der Waals surface area contributed by atoms with Crippen LogP contribution in [0.3, 0.4) is 0 Å². The molecule has 0 aromatic heterocycles. The highest BCUT2D eigenvalue weighted by Crippen LogP contribution is 2.46. The molecule has 224 valence electrons. The van der Waals surface area contributed by atoms with Crippen LogP contribution in [-0.2, 0) is 14.4 Å². The maximum absolute atomic E-state index is 13.4. The number of nitrogens with zero attached hydrogens (tertiary/aromatic N) is 1. The van der Waals surface area contributed by atoms with E-state index in [1.807, 2.05) is 43.3 Å². The number of carboxylic acids is 1. The molecule has 2 aliphatic rings. The second kappa shape index (κ2) is 14.1. The summed E-state index contributed by atoms with van der Waals surface area (Å²) >= 11 is 6.38. The van der Waals surface area contributed by atoms with Crippen LogP contribution in [0.1, 0.15) is 63.0 Å². The summed E-state index contributed by atoms with van der Waals surface area (Å²) < 4.78 is 0. The highest BCUT2D eigenvalue weighted by Gasteiger charge is 2.54. The number of aliphatic hydroxyl groups excluding tert-OH is 2. The van der Waals surface area contributed by atoms with Crippen LogP contribution in [0.25, 0.3) is 11.6 Å². The van der Waals surface area contributed by atoms with Crippen molar-refractivity contribution >= 4 is 41.0 Å². The molecule has 42 heavy (non-hydrogen) atoms. The van der Waals surface area contributed by atoms with Crippen molar-refractivity contribution in [3.8, 4) is 5.75 Å². The number of allylic oxidation sites excluding steroid dienone is 2. The van der Waals surface area contributed by atoms with Crippen molar-refractivity contribution < 1.29 is 34.8 Å². The van der Waals surface area contributed by atoms with E-state index in [2.05, 4.69) is 0 Å². The molecule has 0 spiro atoms. The Morgan fingerprint density at radius 1 is 1.07 bits per heavy atom. The number of likely N-dealkylation sites (tertiary alicyclic amines) is 1. The number of aromatic hydroxyl groups is 1. The molecule has 0 radical (unpaired) electrons. The Bertz CT molecular complexity index is 1370.